The third kappa shape index (κ3) is 3.89. The van der Waals surface area contributed by atoms with E-state index in [2.05, 4.69) is 6.92 Å². The molecule has 1 saturated carbocycles. The maximum atomic E-state index is 12.0. The van der Waals surface area contributed by atoms with Crippen LogP contribution in [0.5, 0.6) is 0 Å². The van der Waals surface area contributed by atoms with Crippen molar-refractivity contribution in [2.75, 3.05) is 5.75 Å². The molecule has 1 rings (SSSR count). The van der Waals surface area contributed by atoms with Crippen LogP contribution < -0.4 is 0 Å². The largest absolute Gasteiger partial charge is 0.481 e. The zero-order chi connectivity index (χ0) is 12.1. The molecule has 3 nitrogen and oxygen atoms in total. The maximum Gasteiger partial charge on any atom is 0.307 e. The SMILES string of the molecule is CCC1CCC(S(=O)CC(C)C(=O)O)CC1. The molecule has 0 aromatic carbocycles. The van der Waals surface area contributed by atoms with Gasteiger partial charge in [0, 0.05) is 21.8 Å². The van der Waals surface area contributed by atoms with Crippen LogP contribution in [0.4, 0.5) is 0 Å². The molecule has 0 saturated heterocycles. The number of carboxylic acids is 1. The van der Waals surface area contributed by atoms with Gasteiger partial charge in [0.25, 0.3) is 0 Å². The van der Waals surface area contributed by atoms with E-state index < -0.39 is 22.7 Å². The molecule has 0 spiro atoms. The van der Waals surface area contributed by atoms with E-state index in [1.165, 1.54) is 6.42 Å². The van der Waals surface area contributed by atoms with Crippen LogP contribution in [0.15, 0.2) is 0 Å². The van der Waals surface area contributed by atoms with Crippen molar-refractivity contribution in [1.29, 1.82) is 0 Å². The number of hydrogen-bond donors (Lipinski definition) is 1. The minimum absolute atomic E-state index is 0.240. The summed E-state index contributed by atoms with van der Waals surface area (Å²) in [6.07, 6.45) is 5.56. The van der Waals surface area contributed by atoms with E-state index >= 15 is 0 Å². The van der Waals surface area contributed by atoms with Gasteiger partial charge < -0.3 is 5.11 Å². The fourth-order valence-corrected chi connectivity index (χ4v) is 3.96. The minimum Gasteiger partial charge on any atom is -0.481 e. The highest BCUT2D eigenvalue weighted by Gasteiger charge is 2.26. The van der Waals surface area contributed by atoms with Crippen molar-refractivity contribution >= 4 is 16.8 Å². The first kappa shape index (κ1) is 13.7. The third-order valence-electron chi connectivity index (χ3n) is 3.58. The van der Waals surface area contributed by atoms with Crippen molar-refractivity contribution in [3.8, 4) is 0 Å². The van der Waals surface area contributed by atoms with Crippen LogP contribution in [-0.4, -0.2) is 26.3 Å². The van der Waals surface area contributed by atoms with Gasteiger partial charge in [-0.15, -0.1) is 0 Å². The van der Waals surface area contributed by atoms with E-state index in [9.17, 15) is 9.00 Å². The first-order valence-electron chi connectivity index (χ1n) is 6.14. The van der Waals surface area contributed by atoms with E-state index in [0.717, 1.165) is 31.6 Å². The van der Waals surface area contributed by atoms with Crippen molar-refractivity contribution in [3.05, 3.63) is 0 Å². The molecular weight excluding hydrogens is 224 g/mol. The van der Waals surface area contributed by atoms with Gasteiger partial charge in [0.1, 0.15) is 0 Å². The van der Waals surface area contributed by atoms with Crippen molar-refractivity contribution in [2.24, 2.45) is 11.8 Å². The molecule has 1 aliphatic rings. The van der Waals surface area contributed by atoms with E-state index in [-0.39, 0.29) is 5.25 Å². The summed E-state index contributed by atoms with van der Waals surface area (Å²) in [4.78, 5) is 10.7. The van der Waals surface area contributed by atoms with Crippen molar-refractivity contribution in [3.63, 3.8) is 0 Å². The summed E-state index contributed by atoms with van der Waals surface area (Å²) < 4.78 is 12.0. The molecule has 94 valence electrons. The van der Waals surface area contributed by atoms with Crippen LogP contribution >= 0.6 is 0 Å². The Balaban J connectivity index is 2.36. The summed E-state index contributed by atoms with van der Waals surface area (Å²) in [6, 6.07) is 0. The van der Waals surface area contributed by atoms with E-state index in [0.29, 0.717) is 5.75 Å². The summed E-state index contributed by atoms with van der Waals surface area (Å²) in [5.74, 6) is -0.206. The van der Waals surface area contributed by atoms with Gasteiger partial charge in [0.15, 0.2) is 0 Å². The van der Waals surface area contributed by atoms with Gasteiger partial charge in [0.2, 0.25) is 0 Å². The Labute approximate surface area is 100 Å². The highest BCUT2D eigenvalue weighted by Crippen LogP contribution is 2.29. The Bertz CT molecular complexity index is 257. The molecule has 0 radical (unpaired) electrons. The van der Waals surface area contributed by atoms with E-state index in [4.69, 9.17) is 5.11 Å². The molecular formula is C12H22O3S. The van der Waals surface area contributed by atoms with E-state index in [1.54, 1.807) is 6.92 Å². The number of carboxylic acid groups (broad SMARTS) is 1. The van der Waals surface area contributed by atoms with Crippen molar-refractivity contribution in [2.45, 2.75) is 51.2 Å². The predicted octanol–water partition coefficient (Wildman–Crippen LogP) is 2.42. The van der Waals surface area contributed by atoms with Crippen molar-refractivity contribution < 1.29 is 14.1 Å². The van der Waals surface area contributed by atoms with Gasteiger partial charge in [-0.2, -0.15) is 0 Å². The van der Waals surface area contributed by atoms with Gasteiger partial charge in [0.05, 0.1) is 5.92 Å². The molecule has 0 amide bonds. The molecule has 2 unspecified atom stereocenters. The van der Waals surface area contributed by atoms with Gasteiger partial charge >= 0.3 is 5.97 Å². The Morgan fingerprint density at radius 1 is 1.38 bits per heavy atom. The van der Waals surface area contributed by atoms with Crippen LogP contribution in [0.3, 0.4) is 0 Å². The predicted molar refractivity (Wildman–Crippen MR) is 65.8 cm³/mol. The van der Waals surface area contributed by atoms with Crippen LogP contribution in [0.2, 0.25) is 0 Å². The smallest absolute Gasteiger partial charge is 0.307 e. The molecule has 0 heterocycles. The number of carbonyl (C=O) groups is 1. The van der Waals surface area contributed by atoms with Crippen LogP contribution in [0, 0.1) is 11.8 Å². The lowest BCUT2D eigenvalue weighted by Gasteiger charge is -2.27. The van der Waals surface area contributed by atoms with Gasteiger partial charge in [-0.25, -0.2) is 0 Å². The van der Waals surface area contributed by atoms with Crippen LogP contribution in [0.1, 0.15) is 46.0 Å². The number of rotatable bonds is 5. The van der Waals surface area contributed by atoms with Gasteiger partial charge in [-0.05, 0) is 31.6 Å². The maximum absolute atomic E-state index is 12.0. The average molecular weight is 246 g/mol. The van der Waals surface area contributed by atoms with Gasteiger partial charge in [-0.3, -0.25) is 9.00 Å². The fraction of sp³-hybridized carbons (Fsp3) is 0.917. The third-order valence-corrected chi connectivity index (χ3v) is 5.62. The Morgan fingerprint density at radius 3 is 2.38 bits per heavy atom. The second kappa shape index (κ2) is 6.38. The topological polar surface area (TPSA) is 54.4 Å². The number of aliphatic carboxylic acids is 1. The molecule has 1 fully saturated rings. The second-order valence-electron chi connectivity index (χ2n) is 4.84. The first-order valence-corrected chi connectivity index (χ1v) is 7.52. The lowest BCUT2D eigenvalue weighted by atomic mass is 9.87. The highest BCUT2D eigenvalue weighted by atomic mass is 32.2. The van der Waals surface area contributed by atoms with Gasteiger partial charge in [-0.1, -0.05) is 20.3 Å². The second-order valence-corrected chi connectivity index (χ2v) is 6.60. The lowest BCUT2D eigenvalue weighted by Crippen LogP contribution is -2.28. The number of hydrogen-bond acceptors (Lipinski definition) is 2. The average Bonchev–Trinajstić information content (AvgIpc) is 2.28. The quantitative estimate of drug-likeness (QED) is 0.810. The molecule has 1 aliphatic carbocycles. The molecule has 4 heteroatoms. The molecule has 0 aromatic heterocycles. The molecule has 16 heavy (non-hydrogen) atoms. The monoisotopic (exact) mass is 246 g/mol. The fourth-order valence-electron chi connectivity index (χ4n) is 2.26. The molecule has 1 N–H and O–H groups in total. The molecule has 2 atom stereocenters. The zero-order valence-corrected chi connectivity index (χ0v) is 11.0. The Morgan fingerprint density at radius 2 is 1.94 bits per heavy atom. The summed E-state index contributed by atoms with van der Waals surface area (Å²) in [7, 11) is -0.955. The lowest BCUT2D eigenvalue weighted by molar-refractivity contribution is -0.140. The summed E-state index contributed by atoms with van der Waals surface area (Å²) in [5.41, 5.74) is 0. The van der Waals surface area contributed by atoms with Crippen molar-refractivity contribution in [1.82, 2.24) is 0 Å². The van der Waals surface area contributed by atoms with Crippen LogP contribution in [-0.2, 0) is 15.6 Å². The molecule has 0 bridgehead atoms. The normalized spacial score (nSPS) is 29.6. The summed E-state index contributed by atoms with van der Waals surface area (Å²) in [5, 5.41) is 9.02. The Hall–Kier alpha value is -0.380. The first-order chi connectivity index (χ1) is 7.54. The zero-order valence-electron chi connectivity index (χ0n) is 10.1. The Kier molecular flexibility index (Phi) is 5.46. The van der Waals surface area contributed by atoms with E-state index in [1.807, 2.05) is 0 Å². The minimum atomic E-state index is -0.955. The highest BCUT2D eigenvalue weighted by molar-refractivity contribution is 7.85. The summed E-state index contributed by atoms with van der Waals surface area (Å²) in [6.45, 7) is 3.84. The summed E-state index contributed by atoms with van der Waals surface area (Å²) >= 11 is 0. The molecule has 0 aromatic rings. The molecule has 0 aliphatic heterocycles. The standard InChI is InChI=1S/C12H22O3S/c1-3-10-4-6-11(7-5-10)16(15)8-9(2)12(13)14/h9-11H,3-8H2,1-2H3,(H,13,14). The van der Waals surface area contributed by atoms with Crippen LogP contribution in [0.25, 0.3) is 0 Å².